The van der Waals surface area contributed by atoms with Crippen LogP contribution < -0.4 is 10.6 Å². The summed E-state index contributed by atoms with van der Waals surface area (Å²) in [6.45, 7) is 11.3. The van der Waals surface area contributed by atoms with E-state index in [0.717, 1.165) is 44.9 Å². The number of carbonyl (C=O) groups is 3. The van der Waals surface area contributed by atoms with Crippen LogP contribution in [0.5, 0.6) is 0 Å². The molecule has 3 amide bonds. The summed E-state index contributed by atoms with van der Waals surface area (Å²) >= 11 is 1.71. The Labute approximate surface area is 203 Å². The van der Waals surface area contributed by atoms with Crippen molar-refractivity contribution in [3.05, 3.63) is 0 Å². The van der Waals surface area contributed by atoms with Gasteiger partial charge in [-0.15, -0.1) is 11.8 Å². The van der Waals surface area contributed by atoms with Gasteiger partial charge in [0.25, 0.3) is 0 Å². The van der Waals surface area contributed by atoms with E-state index < -0.39 is 22.2 Å². The smallest absolute Gasteiger partial charge is 0.244 e. The van der Waals surface area contributed by atoms with Crippen LogP contribution in [0, 0.1) is 17.3 Å². The fraction of sp³-hybridized carbons (Fsp3) is 0.880. The highest BCUT2D eigenvalue weighted by Gasteiger charge is 2.73. The molecule has 3 fully saturated rings. The van der Waals surface area contributed by atoms with Crippen LogP contribution in [0.1, 0.15) is 79.6 Å². The van der Waals surface area contributed by atoms with E-state index in [1.807, 2.05) is 13.8 Å². The second-order valence-electron chi connectivity index (χ2n) is 12.0. The van der Waals surface area contributed by atoms with Crippen molar-refractivity contribution in [1.29, 1.82) is 0 Å². The molecule has 2 unspecified atom stereocenters. The van der Waals surface area contributed by atoms with Crippen LogP contribution in [0.2, 0.25) is 0 Å². The van der Waals surface area contributed by atoms with Gasteiger partial charge in [0.1, 0.15) is 6.04 Å². The van der Waals surface area contributed by atoms with E-state index in [4.69, 9.17) is 5.11 Å². The van der Waals surface area contributed by atoms with Crippen molar-refractivity contribution < 1.29 is 19.5 Å². The number of aliphatic hydroxyl groups is 1. The average Bonchev–Trinajstić information content (AvgIpc) is 3.32. The summed E-state index contributed by atoms with van der Waals surface area (Å²) in [5.74, 6) is -0.988. The van der Waals surface area contributed by atoms with E-state index in [2.05, 4.69) is 31.4 Å². The van der Waals surface area contributed by atoms with Crippen LogP contribution in [-0.4, -0.2) is 69.5 Å². The minimum atomic E-state index is -0.545. The van der Waals surface area contributed by atoms with Gasteiger partial charge in [0, 0.05) is 31.0 Å². The monoisotopic (exact) mass is 481 g/mol. The van der Waals surface area contributed by atoms with Crippen LogP contribution in [-0.2, 0) is 14.4 Å². The summed E-state index contributed by atoms with van der Waals surface area (Å²) in [7, 11) is 1.63. The van der Waals surface area contributed by atoms with Crippen LogP contribution in [0.25, 0.3) is 0 Å². The second-order valence-corrected chi connectivity index (χ2v) is 13.6. The minimum absolute atomic E-state index is 0.0331. The summed E-state index contributed by atoms with van der Waals surface area (Å²) in [6, 6.07) is -0.545. The molecule has 3 saturated heterocycles. The first-order chi connectivity index (χ1) is 15.4. The molecular weight excluding hydrogens is 438 g/mol. The van der Waals surface area contributed by atoms with Crippen molar-refractivity contribution in [3.8, 4) is 0 Å². The van der Waals surface area contributed by atoms with Crippen LogP contribution in [0.4, 0.5) is 0 Å². The Morgan fingerprint density at radius 1 is 1.12 bits per heavy atom. The molecule has 188 valence electrons. The second kappa shape index (κ2) is 9.76. The Bertz CT molecular complexity index is 765. The lowest BCUT2D eigenvalue weighted by molar-refractivity contribution is -0.140. The maximum absolute atomic E-state index is 13.9. The largest absolute Gasteiger partial charge is 0.396 e. The fourth-order valence-electron chi connectivity index (χ4n) is 6.68. The molecule has 3 aliphatic heterocycles. The van der Waals surface area contributed by atoms with Crippen molar-refractivity contribution in [2.24, 2.45) is 17.3 Å². The summed E-state index contributed by atoms with van der Waals surface area (Å²) in [5.41, 5.74) is -0.345. The third-order valence-electron chi connectivity index (χ3n) is 7.34. The number of unbranched alkanes of at least 4 members (excludes halogenated alkanes) is 3. The van der Waals surface area contributed by atoms with E-state index >= 15 is 0 Å². The van der Waals surface area contributed by atoms with Gasteiger partial charge in [0.15, 0.2) is 0 Å². The number of carbonyl (C=O) groups excluding carboxylic acids is 3. The molecule has 7 nitrogen and oxygen atoms in total. The minimum Gasteiger partial charge on any atom is -0.396 e. The molecule has 0 aliphatic carbocycles. The quantitative estimate of drug-likeness (QED) is 0.417. The third kappa shape index (κ3) is 5.21. The number of rotatable bonds is 10. The third-order valence-corrected chi connectivity index (χ3v) is 9.29. The van der Waals surface area contributed by atoms with Crippen molar-refractivity contribution >= 4 is 29.5 Å². The van der Waals surface area contributed by atoms with Gasteiger partial charge in [0.2, 0.25) is 17.7 Å². The molecule has 3 heterocycles. The number of fused-ring (bicyclic) bond motifs is 1. The molecule has 0 aromatic carbocycles. The van der Waals surface area contributed by atoms with Gasteiger partial charge in [-0.3, -0.25) is 14.4 Å². The van der Waals surface area contributed by atoms with Gasteiger partial charge in [-0.05, 0) is 51.4 Å². The molecule has 8 heteroatoms. The van der Waals surface area contributed by atoms with E-state index in [1.165, 1.54) is 0 Å². The molecular formula is C25H43N3O4S. The Kier molecular flexibility index (Phi) is 7.79. The molecule has 3 N–H and O–H groups in total. The number of likely N-dealkylation sites (tertiary alicyclic amines) is 1. The molecule has 0 aromatic rings. The first-order valence-corrected chi connectivity index (χ1v) is 13.4. The summed E-state index contributed by atoms with van der Waals surface area (Å²) < 4.78 is -0.522. The lowest BCUT2D eigenvalue weighted by Crippen LogP contribution is -2.58. The predicted octanol–water partition coefficient (Wildman–Crippen LogP) is 2.71. The highest BCUT2D eigenvalue weighted by molar-refractivity contribution is 8.02. The zero-order valence-corrected chi connectivity index (χ0v) is 22.0. The van der Waals surface area contributed by atoms with Crippen LogP contribution in [0.15, 0.2) is 0 Å². The van der Waals surface area contributed by atoms with E-state index in [0.29, 0.717) is 6.54 Å². The first-order valence-electron chi connectivity index (χ1n) is 12.5. The SMILES string of the molecule is CNC(=O)[C@@H]1[C@H]2C(=O)N(CCCCCCO)C(C(=O)NC(C)(C)CC(C)(C)C)C23CC[C@H]1S3. The number of hydrogen-bond acceptors (Lipinski definition) is 5. The number of aliphatic hydroxyl groups excluding tert-OH is 1. The van der Waals surface area contributed by atoms with E-state index in [9.17, 15) is 14.4 Å². The molecule has 0 saturated carbocycles. The maximum atomic E-state index is 13.9. The topological polar surface area (TPSA) is 98.7 Å². The van der Waals surface area contributed by atoms with Gasteiger partial charge in [0.05, 0.1) is 16.6 Å². The van der Waals surface area contributed by atoms with Gasteiger partial charge in [-0.2, -0.15) is 0 Å². The fourth-order valence-corrected chi connectivity index (χ4v) is 8.90. The molecule has 3 aliphatic rings. The highest BCUT2D eigenvalue weighted by atomic mass is 32.2. The van der Waals surface area contributed by atoms with Gasteiger partial charge in [-0.1, -0.05) is 33.6 Å². The van der Waals surface area contributed by atoms with Crippen LogP contribution in [0.3, 0.4) is 0 Å². The Balaban J connectivity index is 1.87. The molecule has 0 radical (unpaired) electrons. The van der Waals surface area contributed by atoms with Gasteiger partial charge in [-0.25, -0.2) is 0 Å². The Hall–Kier alpha value is -1.28. The average molecular weight is 482 g/mol. The molecule has 2 bridgehead atoms. The van der Waals surface area contributed by atoms with Gasteiger partial charge >= 0.3 is 0 Å². The van der Waals surface area contributed by atoms with Crippen molar-refractivity contribution in [1.82, 2.24) is 15.5 Å². The number of amides is 3. The normalized spacial score (nSPS) is 31.1. The zero-order chi connectivity index (χ0) is 24.6. The van der Waals surface area contributed by atoms with Crippen LogP contribution >= 0.6 is 11.8 Å². The molecule has 1 spiro atoms. The van der Waals surface area contributed by atoms with Crippen molar-refractivity contribution in [3.63, 3.8) is 0 Å². The number of thioether (sulfide) groups is 1. The summed E-state index contributed by atoms with van der Waals surface area (Å²) in [6.07, 6.45) is 5.84. The molecule has 3 rings (SSSR count). The lowest BCUT2D eigenvalue weighted by atomic mass is 9.70. The molecule has 0 aromatic heterocycles. The Morgan fingerprint density at radius 3 is 2.39 bits per heavy atom. The number of nitrogens with zero attached hydrogens (tertiary/aromatic N) is 1. The summed E-state index contributed by atoms with van der Waals surface area (Å²) in [4.78, 5) is 42.2. The molecule has 5 atom stereocenters. The predicted molar refractivity (Wildman–Crippen MR) is 132 cm³/mol. The van der Waals surface area contributed by atoms with E-state index in [1.54, 1.807) is 23.7 Å². The highest BCUT2D eigenvalue weighted by Crippen LogP contribution is 2.66. The standard InChI is InChI=1S/C25H43N3O4S/c1-23(2,3)15-24(4,5)27-21(31)19-25-12-11-16(33-25)17(20(30)26-6)18(25)22(32)28(19)13-9-7-8-10-14-29/h16-19,29H,7-15H2,1-6H3,(H,26,30)(H,27,31)/t16-,17+,18+,19?,25?/m1/s1. The van der Waals surface area contributed by atoms with E-state index in [-0.39, 0.29) is 40.9 Å². The van der Waals surface area contributed by atoms with Gasteiger partial charge < -0.3 is 20.6 Å². The maximum Gasteiger partial charge on any atom is 0.244 e. The summed E-state index contributed by atoms with van der Waals surface area (Å²) in [5, 5.41) is 15.2. The Morgan fingerprint density at radius 2 is 1.79 bits per heavy atom. The zero-order valence-electron chi connectivity index (χ0n) is 21.2. The first kappa shape index (κ1) is 26.3. The number of nitrogens with one attached hydrogen (secondary N) is 2. The molecule has 33 heavy (non-hydrogen) atoms. The van der Waals surface area contributed by atoms with Crippen molar-refractivity contribution in [2.45, 2.75) is 101 Å². The lowest BCUT2D eigenvalue weighted by Gasteiger charge is -2.38. The van der Waals surface area contributed by atoms with Crippen molar-refractivity contribution in [2.75, 3.05) is 20.2 Å². The number of hydrogen-bond donors (Lipinski definition) is 3.